The topological polar surface area (TPSA) is 113 Å². The number of amides is 3. The van der Waals surface area contributed by atoms with Crippen LogP contribution in [0.5, 0.6) is 0 Å². The third-order valence-corrected chi connectivity index (χ3v) is 2.95. The van der Waals surface area contributed by atoms with Crippen molar-refractivity contribution in [2.45, 2.75) is 32.2 Å². The zero-order valence-electron chi connectivity index (χ0n) is 10.4. The summed E-state index contributed by atoms with van der Waals surface area (Å²) in [4.78, 5) is 35.0. The fraction of sp³-hybridized carbons (Fsp3) is 0.727. The van der Waals surface area contributed by atoms with Crippen LogP contribution in [0.15, 0.2) is 0 Å². The molecule has 0 aromatic rings. The molecule has 7 nitrogen and oxygen atoms in total. The average Bonchev–Trinajstić information content (AvgIpc) is 2.27. The number of nitrogens with zero attached hydrogens (tertiary/aromatic N) is 1. The molecule has 0 aromatic heterocycles. The van der Waals surface area contributed by atoms with Crippen LogP contribution >= 0.6 is 0 Å². The Balaban J connectivity index is 2.54. The highest BCUT2D eigenvalue weighted by molar-refractivity contribution is 5.87. The fourth-order valence-corrected chi connectivity index (χ4v) is 2.02. The minimum absolute atomic E-state index is 0.398. The van der Waals surface area contributed by atoms with Crippen LogP contribution < -0.4 is 11.1 Å². The Morgan fingerprint density at radius 3 is 2.67 bits per heavy atom. The van der Waals surface area contributed by atoms with E-state index in [9.17, 15) is 14.4 Å². The van der Waals surface area contributed by atoms with Crippen LogP contribution in [0.25, 0.3) is 0 Å². The quantitative estimate of drug-likeness (QED) is 0.644. The predicted octanol–water partition coefficient (Wildman–Crippen LogP) is -0.243. The number of carbonyl (C=O) groups is 3. The van der Waals surface area contributed by atoms with Crippen molar-refractivity contribution in [3.05, 3.63) is 0 Å². The van der Waals surface area contributed by atoms with Gasteiger partial charge in [-0.05, 0) is 18.8 Å². The standard InChI is InChI=1S/C11H19N3O4/c1-7-3-2-4-14(6-7)11(18)13-8(10(16)17)5-9(12)15/h7-8H,2-6H2,1H3,(H2,12,15)(H,13,18)(H,16,17)/t7?,8-/m1/s1. The summed E-state index contributed by atoms with van der Waals surface area (Å²) in [5, 5.41) is 11.2. The molecular weight excluding hydrogens is 238 g/mol. The number of rotatable bonds is 4. The number of hydrogen-bond acceptors (Lipinski definition) is 3. The third kappa shape index (κ3) is 4.23. The molecule has 1 aliphatic heterocycles. The van der Waals surface area contributed by atoms with Crippen LogP contribution in [0, 0.1) is 5.92 Å². The molecule has 1 heterocycles. The first-order valence-electron chi connectivity index (χ1n) is 5.96. The highest BCUT2D eigenvalue weighted by Crippen LogP contribution is 2.15. The summed E-state index contributed by atoms with van der Waals surface area (Å²) in [6.45, 7) is 3.26. The van der Waals surface area contributed by atoms with Crippen LogP contribution in [0.1, 0.15) is 26.2 Å². The van der Waals surface area contributed by atoms with E-state index in [0.29, 0.717) is 19.0 Å². The minimum Gasteiger partial charge on any atom is -0.480 e. The maximum Gasteiger partial charge on any atom is 0.326 e. The van der Waals surface area contributed by atoms with Crippen molar-refractivity contribution in [2.24, 2.45) is 11.7 Å². The van der Waals surface area contributed by atoms with Gasteiger partial charge in [-0.25, -0.2) is 9.59 Å². The summed E-state index contributed by atoms with van der Waals surface area (Å²) in [5.41, 5.74) is 4.94. The lowest BCUT2D eigenvalue weighted by atomic mass is 10.0. The Morgan fingerprint density at radius 1 is 1.50 bits per heavy atom. The van der Waals surface area contributed by atoms with Crippen LogP contribution in [-0.2, 0) is 9.59 Å². The number of likely N-dealkylation sites (tertiary alicyclic amines) is 1. The Bertz CT molecular complexity index is 345. The van der Waals surface area contributed by atoms with Crippen molar-refractivity contribution in [3.63, 3.8) is 0 Å². The molecule has 1 fully saturated rings. The predicted molar refractivity (Wildman–Crippen MR) is 63.7 cm³/mol. The highest BCUT2D eigenvalue weighted by Gasteiger charge is 2.26. The van der Waals surface area contributed by atoms with E-state index in [2.05, 4.69) is 5.32 Å². The Hall–Kier alpha value is -1.79. The third-order valence-electron chi connectivity index (χ3n) is 2.95. The summed E-state index contributed by atoms with van der Waals surface area (Å²) in [6, 6.07) is -1.71. The van der Waals surface area contributed by atoms with Gasteiger partial charge < -0.3 is 21.1 Å². The monoisotopic (exact) mass is 257 g/mol. The van der Waals surface area contributed by atoms with Gasteiger partial charge in [-0.15, -0.1) is 0 Å². The Kier molecular flexibility index (Phi) is 4.94. The Labute approximate surface area is 105 Å². The number of hydrogen-bond donors (Lipinski definition) is 3. The molecule has 1 saturated heterocycles. The van der Waals surface area contributed by atoms with Gasteiger partial charge in [0.05, 0.1) is 6.42 Å². The highest BCUT2D eigenvalue weighted by atomic mass is 16.4. The van der Waals surface area contributed by atoms with Gasteiger partial charge in [-0.3, -0.25) is 4.79 Å². The molecule has 18 heavy (non-hydrogen) atoms. The normalized spacial score (nSPS) is 21.2. The van der Waals surface area contributed by atoms with E-state index in [1.807, 2.05) is 6.92 Å². The number of carboxylic acids is 1. The molecule has 0 aromatic carbocycles. The molecule has 3 amide bonds. The second-order valence-corrected chi connectivity index (χ2v) is 4.70. The summed E-state index contributed by atoms with van der Waals surface area (Å²) >= 11 is 0. The molecule has 0 bridgehead atoms. The smallest absolute Gasteiger partial charge is 0.326 e. The zero-order chi connectivity index (χ0) is 13.7. The largest absolute Gasteiger partial charge is 0.480 e. The molecule has 0 radical (unpaired) electrons. The number of nitrogens with two attached hydrogens (primary N) is 1. The summed E-state index contributed by atoms with van der Waals surface area (Å²) in [7, 11) is 0. The van der Waals surface area contributed by atoms with Gasteiger partial charge in [-0.1, -0.05) is 6.92 Å². The molecule has 4 N–H and O–H groups in total. The van der Waals surface area contributed by atoms with Crippen molar-refractivity contribution in [3.8, 4) is 0 Å². The van der Waals surface area contributed by atoms with E-state index in [4.69, 9.17) is 10.8 Å². The van der Waals surface area contributed by atoms with Crippen LogP contribution in [-0.4, -0.2) is 47.0 Å². The first-order chi connectivity index (χ1) is 8.40. The maximum absolute atomic E-state index is 11.8. The van der Waals surface area contributed by atoms with E-state index in [-0.39, 0.29) is 0 Å². The van der Waals surface area contributed by atoms with E-state index >= 15 is 0 Å². The van der Waals surface area contributed by atoms with E-state index in [1.54, 1.807) is 4.90 Å². The summed E-state index contributed by atoms with van der Waals surface area (Å²) in [5.74, 6) is -1.61. The number of carboxylic acid groups (broad SMARTS) is 1. The molecule has 1 rings (SSSR count). The zero-order valence-corrected chi connectivity index (χ0v) is 10.4. The van der Waals surface area contributed by atoms with Crippen LogP contribution in [0.2, 0.25) is 0 Å². The molecule has 2 atom stereocenters. The molecule has 0 spiro atoms. The lowest BCUT2D eigenvalue weighted by Crippen LogP contribution is -2.51. The number of nitrogens with one attached hydrogen (secondary N) is 1. The number of piperidine rings is 1. The van der Waals surface area contributed by atoms with Gasteiger partial charge in [0.1, 0.15) is 6.04 Å². The number of carbonyl (C=O) groups excluding carboxylic acids is 2. The molecule has 7 heteroatoms. The van der Waals surface area contributed by atoms with Crippen molar-refractivity contribution in [1.82, 2.24) is 10.2 Å². The molecule has 0 saturated carbocycles. The van der Waals surface area contributed by atoms with E-state index in [0.717, 1.165) is 12.8 Å². The molecular formula is C11H19N3O4. The van der Waals surface area contributed by atoms with Gasteiger partial charge in [0.2, 0.25) is 5.91 Å². The lowest BCUT2D eigenvalue weighted by Gasteiger charge is -2.31. The molecule has 1 aliphatic rings. The SMILES string of the molecule is CC1CCCN(C(=O)N[C@H](CC(N)=O)C(=O)O)C1. The second kappa shape index (κ2) is 6.23. The van der Waals surface area contributed by atoms with Gasteiger partial charge in [-0.2, -0.15) is 0 Å². The van der Waals surface area contributed by atoms with Crippen molar-refractivity contribution >= 4 is 17.9 Å². The molecule has 1 unspecified atom stereocenters. The van der Waals surface area contributed by atoms with Crippen molar-refractivity contribution in [2.75, 3.05) is 13.1 Å². The van der Waals surface area contributed by atoms with Gasteiger partial charge >= 0.3 is 12.0 Å². The van der Waals surface area contributed by atoms with Crippen molar-refractivity contribution in [1.29, 1.82) is 0 Å². The van der Waals surface area contributed by atoms with Gasteiger partial charge in [0, 0.05) is 13.1 Å². The molecule has 0 aliphatic carbocycles. The summed E-state index contributed by atoms with van der Waals surface area (Å²) < 4.78 is 0. The van der Waals surface area contributed by atoms with Crippen LogP contribution in [0.3, 0.4) is 0 Å². The van der Waals surface area contributed by atoms with Crippen LogP contribution in [0.4, 0.5) is 4.79 Å². The fourth-order valence-electron chi connectivity index (χ4n) is 2.02. The number of urea groups is 1. The second-order valence-electron chi connectivity index (χ2n) is 4.70. The average molecular weight is 257 g/mol. The van der Waals surface area contributed by atoms with Crippen molar-refractivity contribution < 1.29 is 19.5 Å². The molecule has 102 valence electrons. The first-order valence-corrected chi connectivity index (χ1v) is 5.96. The summed E-state index contributed by atoms with van der Waals surface area (Å²) in [6.07, 6.45) is 1.57. The minimum atomic E-state index is -1.26. The number of aliphatic carboxylic acids is 1. The maximum atomic E-state index is 11.8. The van der Waals surface area contributed by atoms with Gasteiger partial charge in [0.25, 0.3) is 0 Å². The van der Waals surface area contributed by atoms with E-state index < -0.39 is 30.4 Å². The van der Waals surface area contributed by atoms with Gasteiger partial charge in [0.15, 0.2) is 0 Å². The Morgan fingerprint density at radius 2 is 2.17 bits per heavy atom. The first kappa shape index (κ1) is 14.3. The number of primary amides is 1. The lowest BCUT2D eigenvalue weighted by molar-refractivity contribution is -0.141. The van der Waals surface area contributed by atoms with E-state index in [1.165, 1.54) is 0 Å².